The van der Waals surface area contributed by atoms with E-state index < -0.39 is 4.92 Å². The second kappa shape index (κ2) is 5.76. The summed E-state index contributed by atoms with van der Waals surface area (Å²) in [7, 11) is 3.79. The minimum atomic E-state index is -0.632. The number of likely N-dealkylation sites (N-methyl/N-ethyl adjacent to an activating group) is 1. The van der Waals surface area contributed by atoms with E-state index in [0.29, 0.717) is 0 Å². The Hall–Kier alpha value is -2.00. The van der Waals surface area contributed by atoms with Gasteiger partial charge in [0, 0.05) is 5.54 Å². The summed E-state index contributed by atoms with van der Waals surface area (Å²) in [6.45, 7) is 4.13. The van der Waals surface area contributed by atoms with Crippen LogP contribution in [0.15, 0.2) is 6.33 Å². The van der Waals surface area contributed by atoms with Gasteiger partial charge in [0.1, 0.15) is 12.9 Å². The molecular weight excluding hydrogens is 252 g/mol. The van der Waals surface area contributed by atoms with Crippen molar-refractivity contribution in [1.29, 1.82) is 0 Å². The molecule has 0 bridgehead atoms. The maximum absolute atomic E-state index is 11.0. The number of nitrogens with zero attached hydrogens (tertiary/aromatic N) is 4. The Morgan fingerprint density at radius 1 is 1.53 bits per heavy atom. The van der Waals surface area contributed by atoms with Gasteiger partial charge < -0.3 is 15.1 Å². The maximum atomic E-state index is 11.0. The van der Waals surface area contributed by atoms with Gasteiger partial charge in [-0.25, -0.2) is 10.8 Å². The van der Waals surface area contributed by atoms with Crippen molar-refractivity contribution >= 4 is 11.5 Å². The zero-order chi connectivity index (χ0) is 14.6. The molecule has 3 N–H and O–H groups in total. The molecule has 0 aromatic carbocycles. The molecule has 0 saturated carbocycles. The molecule has 19 heavy (non-hydrogen) atoms. The molecule has 1 aromatic rings. The van der Waals surface area contributed by atoms with Gasteiger partial charge in [-0.15, -0.1) is 0 Å². The fraction of sp³-hybridized carbons (Fsp3) is 0.600. The third-order valence-corrected chi connectivity index (χ3v) is 2.88. The number of ether oxygens (including phenoxy) is 1. The van der Waals surface area contributed by atoms with Crippen LogP contribution in [-0.2, 0) is 0 Å². The maximum Gasteiger partial charge on any atom is 0.374 e. The van der Waals surface area contributed by atoms with E-state index in [0.717, 1.165) is 6.33 Å². The molecule has 0 amide bonds. The first kappa shape index (κ1) is 15.1. The number of hydrogen-bond donors (Lipinski definition) is 2. The quantitative estimate of drug-likeness (QED) is 0.432. The standard InChI is InChI=1S/C10H18N6O3/c1-10(2,15(3)4)5-19-9-7(16(17)18)8(14-11)12-6-13-9/h6H,5,11H2,1-4H3,(H,12,13,14). The molecule has 106 valence electrons. The molecule has 1 rings (SSSR count). The van der Waals surface area contributed by atoms with Gasteiger partial charge in [0.25, 0.3) is 5.88 Å². The van der Waals surface area contributed by atoms with E-state index in [1.165, 1.54) is 0 Å². The van der Waals surface area contributed by atoms with Gasteiger partial charge in [0.15, 0.2) is 0 Å². The zero-order valence-electron chi connectivity index (χ0n) is 11.4. The highest BCUT2D eigenvalue weighted by molar-refractivity contribution is 5.60. The van der Waals surface area contributed by atoms with E-state index in [1.807, 2.05) is 32.8 Å². The lowest BCUT2D eigenvalue weighted by Gasteiger charge is -2.31. The SMILES string of the molecule is CN(C)C(C)(C)COc1ncnc(NN)c1[N+](=O)[O-]. The monoisotopic (exact) mass is 270 g/mol. The molecule has 0 aliphatic rings. The Morgan fingerprint density at radius 3 is 2.63 bits per heavy atom. The highest BCUT2D eigenvalue weighted by atomic mass is 16.6. The topological polar surface area (TPSA) is 119 Å². The number of aromatic nitrogens is 2. The van der Waals surface area contributed by atoms with Crippen molar-refractivity contribution in [3.8, 4) is 5.88 Å². The van der Waals surface area contributed by atoms with Crippen molar-refractivity contribution in [2.45, 2.75) is 19.4 Å². The summed E-state index contributed by atoms with van der Waals surface area (Å²) in [6, 6.07) is 0. The minimum absolute atomic E-state index is 0.0855. The molecule has 9 nitrogen and oxygen atoms in total. The molecule has 1 aromatic heterocycles. The Bertz CT molecular complexity index is 463. The fourth-order valence-electron chi connectivity index (χ4n) is 1.11. The molecule has 0 fully saturated rings. The van der Waals surface area contributed by atoms with Crippen molar-refractivity contribution in [2.24, 2.45) is 5.84 Å². The van der Waals surface area contributed by atoms with Crippen LogP contribution in [-0.4, -0.2) is 46.0 Å². The van der Waals surface area contributed by atoms with E-state index in [-0.39, 0.29) is 29.5 Å². The average molecular weight is 270 g/mol. The van der Waals surface area contributed by atoms with Crippen molar-refractivity contribution in [3.05, 3.63) is 16.4 Å². The van der Waals surface area contributed by atoms with E-state index in [1.54, 1.807) is 0 Å². The van der Waals surface area contributed by atoms with Crippen LogP contribution in [0, 0.1) is 10.1 Å². The van der Waals surface area contributed by atoms with Crippen molar-refractivity contribution in [2.75, 3.05) is 26.1 Å². The van der Waals surface area contributed by atoms with Gasteiger partial charge in [-0.2, -0.15) is 4.98 Å². The molecule has 0 spiro atoms. The third-order valence-electron chi connectivity index (χ3n) is 2.88. The van der Waals surface area contributed by atoms with Gasteiger partial charge in [0.05, 0.1) is 4.92 Å². The number of nitrogens with two attached hydrogens (primary N) is 1. The predicted octanol–water partition coefficient (Wildman–Crippen LogP) is 0.389. The number of hydrogen-bond acceptors (Lipinski definition) is 8. The Labute approximate surface area is 110 Å². The summed E-state index contributed by atoms with van der Waals surface area (Å²) >= 11 is 0. The van der Waals surface area contributed by atoms with Crippen LogP contribution in [0.5, 0.6) is 5.88 Å². The molecule has 0 saturated heterocycles. The van der Waals surface area contributed by atoms with Gasteiger partial charge in [-0.3, -0.25) is 10.1 Å². The van der Waals surface area contributed by atoms with E-state index in [4.69, 9.17) is 10.6 Å². The first-order valence-electron chi connectivity index (χ1n) is 5.56. The van der Waals surface area contributed by atoms with E-state index in [2.05, 4.69) is 15.4 Å². The van der Waals surface area contributed by atoms with E-state index >= 15 is 0 Å². The largest absolute Gasteiger partial charge is 0.471 e. The van der Waals surface area contributed by atoms with Gasteiger partial charge in [-0.1, -0.05) is 0 Å². The second-order valence-corrected chi connectivity index (χ2v) is 4.77. The highest BCUT2D eigenvalue weighted by Gasteiger charge is 2.27. The molecule has 0 unspecified atom stereocenters. The minimum Gasteiger partial charge on any atom is -0.471 e. The first-order valence-corrected chi connectivity index (χ1v) is 5.56. The molecule has 0 radical (unpaired) electrons. The van der Waals surface area contributed by atoms with Gasteiger partial charge in [-0.05, 0) is 27.9 Å². The third kappa shape index (κ3) is 3.48. The van der Waals surface area contributed by atoms with Gasteiger partial charge in [0.2, 0.25) is 5.82 Å². The molecule has 1 heterocycles. The molecule has 0 aliphatic carbocycles. The summed E-state index contributed by atoms with van der Waals surface area (Å²) < 4.78 is 5.44. The number of anilines is 1. The Morgan fingerprint density at radius 2 is 2.16 bits per heavy atom. The zero-order valence-corrected chi connectivity index (χ0v) is 11.4. The molecular formula is C10H18N6O3. The lowest BCUT2D eigenvalue weighted by atomic mass is 10.1. The van der Waals surface area contributed by atoms with Crippen molar-refractivity contribution in [1.82, 2.24) is 14.9 Å². The fourth-order valence-corrected chi connectivity index (χ4v) is 1.11. The lowest BCUT2D eigenvalue weighted by Crippen LogP contribution is -2.43. The summed E-state index contributed by atoms with van der Waals surface area (Å²) in [5.41, 5.74) is 1.48. The highest BCUT2D eigenvalue weighted by Crippen LogP contribution is 2.30. The van der Waals surface area contributed by atoms with Crippen LogP contribution >= 0.6 is 0 Å². The summed E-state index contributed by atoms with van der Waals surface area (Å²) in [5, 5.41) is 11.0. The molecule has 0 atom stereocenters. The van der Waals surface area contributed by atoms with Gasteiger partial charge >= 0.3 is 5.69 Å². The second-order valence-electron chi connectivity index (χ2n) is 4.77. The summed E-state index contributed by atoms with van der Waals surface area (Å²) in [6.07, 6.45) is 1.15. The lowest BCUT2D eigenvalue weighted by molar-refractivity contribution is -0.385. The van der Waals surface area contributed by atoms with Crippen LogP contribution < -0.4 is 16.0 Å². The predicted molar refractivity (Wildman–Crippen MR) is 69.8 cm³/mol. The summed E-state index contributed by atoms with van der Waals surface area (Å²) in [4.78, 5) is 19.8. The van der Waals surface area contributed by atoms with Crippen molar-refractivity contribution < 1.29 is 9.66 Å². The number of nitro groups is 1. The van der Waals surface area contributed by atoms with E-state index in [9.17, 15) is 10.1 Å². The molecule has 9 heteroatoms. The number of hydrazine groups is 1. The summed E-state index contributed by atoms with van der Waals surface area (Å²) in [5.74, 6) is 4.99. The number of nitrogens with one attached hydrogen (secondary N) is 1. The Balaban J connectivity index is 2.99. The normalized spacial score (nSPS) is 11.5. The number of nitrogen functional groups attached to an aromatic ring is 1. The van der Waals surface area contributed by atoms with Crippen LogP contribution in [0.25, 0.3) is 0 Å². The first-order chi connectivity index (χ1) is 8.79. The average Bonchev–Trinajstić information content (AvgIpc) is 2.35. The molecule has 0 aliphatic heterocycles. The Kier molecular flexibility index (Phi) is 4.57. The number of rotatable bonds is 6. The van der Waals surface area contributed by atoms with Crippen molar-refractivity contribution in [3.63, 3.8) is 0 Å². The van der Waals surface area contributed by atoms with Crippen LogP contribution in [0.3, 0.4) is 0 Å². The van der Waals surface area contributed by atoms with Crippen LogP contribution in [0.4, 0.5) is 11.5 Å². The smallest absolute Gasteiger partial charge is 0.374 e. The van der Waals surface area contributed by atoms with Crippen LogP contribution in [0.2, 0.25) is 0 Å². The van der Waals surface area contributed by atoms with Crippen LogP contribution in [0.1, 0.15) is 13.8 Å².